The molecule has 0 radical (unpaired) electrons. The quantitative estimate of drug-likeness (QED) is 0.823. The highest BCUT2D eigenvalue weighted by Gasteiger charge is 2.65. The van der Waals surface area contributed by atoms with Gasteiger partial charge in [0.15, 0.2) is 5.78 Å². The second-order valence-corrected chi connectivity index (χ2v) is 6.45. The van der Waals surface area contributed by atoms with Crippen LogP contribution in [0.4, 0.5) is 5.69 Å². The highest BCUT2D eigenvalue weighted by Crippen LogP contribution is 2.62. The molecule has 2 aliphatic rings. The van der Waals surface area contributed by atoms with E-state index in [1.54, 1.807) is 0 Å². The van der Waals surface area contributed by atoms with Gasteiger partial charge in [-0.2, -0.15) is 5.10 Å². The van der Waals surface area contributed by atoms with Gasteiger partial charge >= 0.3 is 0 Å². The van der Waals surface area contributed by atoms with Gasteiger partial charge in [0.05, 0.1) is 5.69 Å². The molecule has 0 heterocycles. The molecule has 2 fully saturated rings. The zero-order valence-electron chi connectivity index (χ0n) is 11.7. The summed E-state index contributed by atoms with van der Waals surface area (Å²) in [5, 5.41) is 4.42. The van der Waals surface area contributed by atoms with Crippen LogP contribution in [0, 0.1) is 16.7 Å². The fourth-order valence-electron chi connectivity index (χ4n) is 3.59. The summed E-state index contributed by atoms with van der Waals surface area (Å²) in [7, 11) is 0. The summed E-state index contributed by atoms with van der Waals surface area (Å²) in [6, 6.07) is 9.78. The molecule has 100 valence electrons. The lowest BCUT2D eigenvalue weighted by atomic mass is 9.70. The number of ketones is 1. The average molecular weight is 256 g/mol. The summed E-state index contributed by atoms with van der Waals surface area (Å²) in [6.07, 6.45) is 2.07. The molecule has 19 heavy (non-hydrogen) atoms. The Morgan fingerprint density at radius 3 is 2.47 bits per heavy atom. The first kappa shape index (κ1) is 12.4. The van der Waals surface area contributed by atoms with E-state index in [2.05, 4.69) is 31.3 Å². The number of benzene rings is 1. The monoisotopic (exact) mass is 256 g/mol. The summed E-state index contributed by atoms with van der Waals surface area (Å²) >= 11 is 0. The minimum Gasteiger partial charge on any atom is -0.292 e. The Balaban J connectivity index is 1.89. The number of hydrazone groups is 1. The molecule has 1 aromatic carbocycles. The molecule has 2 saturated carbocycles. The van der Waals surface area contributed by atoms with E-state index in [4.69, 9.17) is 0 Å². The van der Waals surface area contributed by atoms with Gasteiger partial charge in [0, 0.05) is 11.3 Å². The van der Waals surface area contributed by atoms with Gasteiger partial charge in [-0.05, 0) is 30.4 Å². The molecule has 1 aromatic rings. The van der Waals surface area contributed by atoms with Gasteiger partial charge in [0.25, 0.3) is 0 Å². The van der Waals surface area contributed by atoms with Crippen molar-refractivity contribution in [3.63, 3.8) is 0 Å². The van der Waals surface area contributed by atoms with E-state index in [0.717, 1.165) is 24.2 Å². The first-order chi connectivity index (χ1) is 8.97. The topological polar surface area (TPSA) is 41.5 Å². The van der Waals surface area contributed by atoms with Gasteiger partial charge in [0.2, 0.25) is 0 Å². The molecule has 0 aromatic heterocycles. The molecule has 1 N–H and O–H groups in total. The maximum atomic E-state index is 12.6. The van der Waals surface area contributed by atoms with Crippen molar-refractivity contribution in [1.29, 1.82) is 0 Å². The molecule has 3 rings (SSSR count). The predicted molar refractivity (Wildman–Crippen MR) is 77.1 cm³/mol. The molecule has 0 unspecified atom stereocenters. The molecule has 2 atom stereocenters. The molecule has 2 aliphatic carbocycles. The molecule has 0 spiro atoms. The number of Topliss-reactive ketones (excluding diaryl/α,β-unsaturated/α-hetero) is 1. The van der Waals surface area contributed by atoms with Crippen LogP contribution in [0.2, 0.25) is 0 Å². The van der Waals surface area contributed by atoms with Crippen LogP contribution in [0.15, 0.2) is 35.4 Å². The van der Waals surface area contributed by atoms with Crippen LogP contribution in [0.5, 0.6) is 0 Å². The lowest BCUT2D eigenvalue weighted by molar-refractivity contribution is -0.123. The first-order valence-electron chi connectivity index (χ1n) is 6.90. The number of nitrogens with one attached hydrogen (secondary N) is 1. The maximum absolute atomic E-state index is 12.6. The number of nitrogens with zero attached hydrogens (tertiary/aromatic N) is 1. The smallest absolute Gasteiger partial charge is 0.185 e. The minimum atomic E-state index is -0.227. The highest BCUT2D eigenvalue weighted by atomic mass is 16.1. The summed E-state index contributed by atoms with van der Waals surface area (Å²) in [5.41, 5.74) is 4.49. The number of fused-ring (bicyclic) bond motifs is 2. The van der Waals surface area contributed by atoms with Gasteiger partial charge in [-0.25, -0.2) is 0 Å². The third-order valence-electron chi connectivity index (χ3n) is 5.37. The normalized spacial score (nSPS) is 33.9. The second-order valence-electron chi connectivity index (χ2n) is 6.45. The SMILES string of the molecule is CC1(C)[C@@H]2CC[C@]1(C)C(=O)/C2=N/Nc1ccccc1. The zero-order valence-corrected chi connectivity index (χ0v) is 11.7. The van der Waals surface area contributed by atoms with Crippen LogP contribution in [0.25, 0.3) is 0 Å². The van der Waals surface area contributed by atoms with Crippen LogP contribution >= 0.6 is 0 Å². The lowest BCUT2D eigenvalue weighted by Crippen LogP contribution is -2.33. The standard InChI is InChI=1S/C16H20N2O/c1-15(2)12-9-10-16(15,3)14(19)13(12)18-17-11-7-5-4-6-8-11/h4-8,12,17H,9-10H2,1-3H3/b18-13+/t12-,16-/m1/s1. The van der Waals surface area contributed by atoms with E-state index in [9.17, 15) is 4.79 Å². The first-order valence-corrected chi connectivity index (χ1v) is 6.90. The van der Waals surface area contributed by atoms with E-state index in [-0.39, 0.29) is 16.6 Å². The third kappa shape index (κ3) is 1.57. The van der Waals surface area contributed by atoms with Crippen molar-refractivity contribution in [2.45, 2.75) is 33.6 Å². The Labute approximate surface area is 114 Å². The number of carbonyl (C=O) groups is 1. The highest BCUT2D eigenvalue weighted by molar-refractivity contribution is 6.45. The molecule has 2 bridgehead atoms. The van der Waals surface area contributed by atoms with Gasteiger partial charge in [0.1, 0.15) is 5.71 Å². The maximum Gasteiger partial charge on any atom is 0.185 e. The van der Waals surface area contributed by atoms with Gasteiger partial charge in [-0.15, -0.1) is 0 Å². The van der Waals surface area contributed by atoms with Gasteiger partial charge in [-0.3, -0.25) is 10.2 Å². The number of hydrogen-bond donors (Lipinski definition) is 1. The molecule has 0 saturated heterocycles. The van der Waals surface area contributed by atoms with Crippen LogP contribution in [0.3, 0.4) is 0 Å². The molecular weight excluding hydrogens is 236 g/mol. The fraction of sp³-hybridized carbons (Fsp3) is 0.500. The molecular formula is C16H20N2O. The Bertz CT molecular complexity index is 547. The number of para-hydroxylation sites is 1. The van der Waals surface area contributed by atoms with Crippen LogP contribution in [-0.2, 0) is 4.79 Å². The van der Waals surface area contributed by atoms with Crippen molar-refractivity contribution in [2.24, 2.45) is 21.8 Å². The van der Waals surface area contributed by atoms with Crippen LogP contribution < -0.4 is 5.43 Å². The van der Waals surface area contributed by atoms with Gasteiger partial charge < -0.3 is 0 Å². The number of hydrogen-bond acceptors (Lipinski definition) is 3. The van der Waals surface area contributed by atoms with Crippen molar-refractivity contribution < 1.29 is 4.79 Å². The van der Waals surface area contributed by atoms with E-state index < -0.39 is 0 Å². The lowest BCUT2D eigenvalue weighted by Gasteiger charge is -2.31. The predicted octanol–water partition coefficient (Wildman–Crippen LogP) is 3.48. The van der Waals surface area contributed by atoms with Crippen molar-refractivity contribution >= 4 is 17.2 Å². The number of carbonyl (C=O) groups excluding carboxylic acids is 1. The minimum absolute atomic E-state index is 0.0291. The Hall–Kier alpha value is -1.64. The van der Waals surface area contributed by atoms with E-state index in [1.165, 1.54) is 0 Å². The molecule has 3 heteroatoms. The Kier molecular flexibility index (Phi) is 2.56. The summed E-state index contributed by atoms with van der Waals surface area (Å²) in [4.78, 5) is 12.6. The molecule has 3 nitrogen and oxygen atoms in total. The van der Waals surface area contributed by atoms with E-state index in [1.807, 2.05) is 30.3 Å². The summed E-state index contributed by atoms with van der Waals surface area (Å²) in [5.74, 6) is 0.526. The van der Waals surface area contributed by atoms with E-state index >= 15 is 0 Å². The number of rotatable bonds is 2. The summed E-state index contributed by atoms with van der Waals surface area (Å²) < 4.78 is 0. The second kappa shape index (κ2) is 3.92. The molecule has 0 amide bonds. The molecule has 0 aliphatic heterocycles. The fourth-order valence-corrected chi connectivity index (χ4v) is 3.59. The average Bonchev–Trinajstić information content (AvgIpc) is 2.70. The number of anilines is 1. The van der Waals surface area contributed by atoms with Crippen molar-refractivity contribution in [3.05, 3.63) is 30.3 Å². The van der Waals surface area contributed by atoms with Crippen molar-refractivity contribution in [1.82, 2.24) is 0 Å². The third-order valence-corrected chi connectivity index (χ3v) is 5.37. The van der Waals surface area contributed by atoms with Gasteiger partial charge in [-0.1, -0.05) is 39.0 Å². The van der Waals surface area contributed by atoms with Crippen LogP contribution in [0.1, 0.15) is 33.6 Å². The summed E-state index contributed by atoms with van der Waals surface area (Å²) in [6.45, 7) is 6.50. The largest absolute Gasteiger partial charge is 0.292 e. The van der Waals surface area contributed by atoms with Crippen LogP contribution in [-0.4, -0.2) is 11.5 Å². The zero-order chi connectivity index (χ0) is 13.7. The van der Waals surface area contributed by atoms with Crippen molar-refractivity contribution in [2.75, 3.05) is 5.43 Å². The Morgan fingerprint density at radius 2 is 1.89 bits per heavy atom. The Morgan fingerprint density at radius 1 is 1.21 bits per heavy atom. The van der Waals surface area contributed by atoms with Crippen molar-refractivity contribution in [3.8, 4) is 0 Å². The van der Waals surface area contributed by atoms with E-state index in [0.29, 0.717) is 5.92 Å².